The Bertz CT molecular complexity index is 1150. The van der Waals surface area contributed by atoms with E-state index in [0.717, 1.165) is 22.0 Å². The van der Waals surface area contributed by atoms with Crippen LogP contribution in [0.15, 0.2) is 64.1 Å². The second kappa shape index (κ2) is 6.29. The van der Waals surface area contributed by atoms with E-state index in [1.54, 1.807) is 23.0 Å². The van der Waals surface area contributed by atoms with Crippen LogP contribution in [-0.2, 0) is 0 Å². The molecule has 0 fully saturated rings. The summed E-state index contributed by atoms with van der Waals surface area (Å²) in [6.45, 7) is 2.42. The zero-order valence-electron chi connectivity index (χ0n) is 13.4. The molecule has 0 aliphatic rings. The minimum absolute atomic E-state index is 0.170. The first-order valence-corrected chi connectivity index (χ1v) is 8.66. The molecular weight excluding hydrogens is 382 g/mol. The van der Waals surface area contributed by atoms with Gasteiger partial charge in [-0.25, -0.2) is 4.98 Å². The SMILES string of the molecule is CCOc1ccc2cn(-c3ccc4ncccc4c3)c(=O)c(Br)c2n1. The van der Waals surface area contributed by atoms with Crippen molar-refractivity contribution in [3.63, 3.8) is 0 Å². The number of nitrogens with zero attached hydrogens (tertiary/aromatic N) is 3. The summed E-state index contributed by atoms with van der Waals surface area (Å²) in [5, 5.41) is 1.83. The fourth-order valence-corrected chi connectivity index (χ4v) is 3.28. The van der Waals surface area contributed by atoms with Crippen molar-refractivity contribution in [3.05, 3.63) is 69.7 Å². The van der Waals surface area contributed by atoms with E-state index in [1.165, 1.54) is 0 Å². The van der Waals surface area contributed by atoms with Gasteiger partial charge in [-0.2, -0.15) is 0 Å². The van der Waals surface area contributed by atoms with Gasteiger partial charge in [-0.3, -0.25) is 14.3 Å². The molecule has 4 rings (SSSR count). The molecule has 0 aliphatic heterocycles. The predicted molar refractivity (Wildman–Crippen MR) is 102 cm³/mol. The van der Waals surface area contributed by atoms with E-state index >= 15 is 0 Å². The first-order valence-electron chi connectivity index (χ1n) is 7.87. The maximum absolute atomic E-state index is 12.8. The van der Waals surface area contributed by atoms with Crippen LogP contribution >= 0.6 is 15.9 Å². The molecule has 3 aromatic heterocycles. The van der Waals surface area contributed by atoms with Gasteiger partial charge in [0.05, 0.1) is 17.6 Å². The number of rotatable bonds is 3. The fraction of sp³-hybridized carbons (Fsp3) is 0.105. The molecule has 6 heteroatoms. The van der Waals surface area contributed by atoms with Crippen molar-refractivity contribution < 1.29 is 4.74 Å². The molecule has 0 radical (unpaired) electrons. The third kappa shape index (κ3) is 2.78. The second-order valence-corrected chi connectivity index (χ2v) is 6.31. The molecule has 0 unspecified atom stereocenters. The predicted octanol–water partition coefficient (Wildman–Crippen LogP) is 4.10. The van der Waals surface area contributed by atoms with Gasteiger partial charge in [-0.1, -0.05) is 6.07 Å². The lowest BCUT2D eigenvalue weighted by atomic mass is 10.2. The average Bonchev–Trinajstić information content (AvgIpc) is 2.65. The van der Waals surface area contributed by atoms with Gasteiger partial charge in [0.1, 0.15) is 4.47 Å². The number of pyridine rings is 3. The van der Waals surface area contributed by atoms with Crippen LogP contribution in [0.2, 0.25) is 0 Å². The van der Waals surface area contributed by atoms with E-state index in [-0.39, 0.29) is 5.56 Å². The summed E-state index contributed by atoms with van der Waals surface area (Å²) in [6.07, 6.45) is 3.55. The smallest absolute Gasteiger partial charge is 0.271 e. The van der Waals surface area contributed by atoms with E-state index in [1.807, 2.05) is 43.3 Å². The zero-order chi connectivity index (χ0) is 17.4. The monoisotopic (exact) mass is 395 g/mol. The van der Waals surface area contributed by atoms with Crippen molar-refractivity contribution in [3.8, 4) is 11.6 Å². The van der Waals surface area contributed by atoms with Gasteiger partial charge in [0, 0.05) is 34.9 Å². The fourth-order valence-electron chi connectivity index (χ4n) is 2.77. The van der Waals surface area contributed by atoms with Crippen LogP contribution in [0.1, 0.15) is 6.92 Å². The summed E-state index contributed by atoms with van der Waals surface area (Å²) < 4.78 is 7.45. The van der Waals surface area contributed by atoms with E-state index in [2.05, 4.69) is 25.9 Å². The highest BCUT2D eigenvalue weighted by molar-refractivity contribution is 9.10. The summed E-state index contributed by atoms with van der Waals surface area (Å²) in [5.41, 5.74) is 2.09. The Hall–Kier alpha value is -2.73. The van der Waals surface area contributed by atoms with Crippen LogP contribution in [0.5, 0.6) is 5.88 Å². The summed E-state index contributed by atoms with van der Waals surface area (Å²) in [4.78, 5) is 21.5. The van der Waals surface area contributed by atoms with Crippen molar-refractivity contribution in [2.75, 3.05) is 6.61 Å². The summed E-state index contributed by atoms with van der Waals surface area (Å²) >= 11 is 3.40. The molecule has 0 saturated heterocycles. The van der Waals surface area contributed by atoms with E-state index in [4.69, 9.17) is 4.74 Å². The zero-order valence-corrected chi connectivity index (χ0v) is 15.0. The Morgan fingerprint density at radius 2 is 2.04 bits per heavy atom. The van der Waals surface area contributed by atoms with Gasteiger partial charge < -0.3 is 4.74 Å². The number of hydrogen-bond acceptors (Lipinski definition) is 4. The van der Waals surface area contributed by atoms with Crippen molar-refractivity contribution in [2.45, 2.75) is 6.92 Å². The Labute approximate surface area is 152 Å². The maximum atomic E-state index is 12.8. The summed E-state index contributed by atoms with van der Waals surface area (Å²) in [7, 11) is 0. The number of aromatic nitrogens is 3. The lowest BCUT2D eigenvalue weighted by molar-refractivity contribution is 0.328. The van der Waals surface area contributed by atoms with Gasteiger partial charge >= 0.3 is 0 Å². The molecular formula is C19H14BrN3O2. The van der Waals surface area contributed by atoms with Crippen LogP contribution in [0.4, 0.5) is 0 Å². The lowest BCUT2D eigenvalue weighted by Gasteiger charge is -2.11. The van der Waals surface area contributed by atoms with Gasteiger partial charge in [-0.15, -0.1) is 0 Å². The third-order valence-electron chi connectivity index (χ3n) is 3.94. The number of halogens is 1. The molecule has 0 atom stereocenters. The molecule has 3 heterocycles. The first-order chi connectivity index (χ1) is 12.2. The third-order valence-corrected chi connectivity index (χ3v) is 4.66. The summed E-state index contributed by atoms with van der Waals surface area (Å²) in [5.74, 6) is 0.504. The van der Waals surface area contributed by atoms with Crippen LogP contribution in [-0.4, -0.2) is 21.1 Å². The van der Waals surface area contributed by atoms with Gasteiger partial charge in [0.2, 0.25) is 5.88 Å². The second-order valence-electron chi connectivity index (χ2n) is 5.52. The molecule has 0 N–H and O–H groups in total. The molecule has 0 spiro atoms. The largest absolute Gasteiger partial charge is 0.478 e. The molecule has 0 amide bonds. The molecule has 1 aromatic carbocycles. The van der Waals surface area contributed by atoms with Gasteiger partial charge in [-0.05, 0) is 53.2 Å². The molecule has 0 saturated carbocycles. The van der Waals surface area contributed by atoms with Crippen molar-refractivity contribution >= 4 is 37.7 Å². The minimum Gasteiger partial charge on any atom is -0.478 e. The van der Waals surface area contributed by atoms with E-state index < -0.39 is 0 Å². The Morgan fingerprint density at radius 1 is 1.16 bits per heavy atom. The van der Waals surface area contributed by atoms with Gasteiger partial charge in [0.15, 0.2) is 0 Å². The molecule has 25 heavy (non-hydrogen) atoms. The van der Waals surface area contributed by atoms with E-state index in [9.17, 15) is 4.79 Å². The summed E-state index contributed by atoms with van der Waals surface area (Å²) in [6, 6.07) is 13.3. The quantitative estimate of drug-likeness (QED) is 0.523. The van der Waals surface area contributed by atoms with Crippen LogP contribution in [0, 0.1) is 0 Å². The van der Waals surface area contributed by atoms with Crippen LogP contribution in [0.25, 0.3) is 27.5 Å². The Morgan fingerprint density at radius 3 is 2.88 bits per heavy atom. The number of fused-ring (bicyclic) bond motifs is 2. The highest BCUT2D eigenvalue weighted by Gasteiger charge is 2.12. The normalized spacial score (nSPS) is 11.1. The van der Waals surface area contributed by atoms with Crippen LogP contribution < -0.4 is 10.3 Å². The number of benzene rings is 1. The van der Waals surface area contributed by atoms with Crippen molar-refractivity contribution in [2.24, 2.45) is 0 Å². The topological polar surface area (TPSA) is 57.0 Å². The number of hydrogen-bond donors (Lipinski definition) is 0. The molecule has 124 valence electrons. The maximum Gasteiger partial charge on any atom is 0.271 e. The lowest BCUT2D eigenvalue weighted by Crippen LogP contribution is -2.19. The van der Waals surface area contributed by atoms with Crippen LogP contribution in [0.3, 0.4) is 0 Å². The van der Waals surface area contributed by atoms with E-state index in [0.29, 0.717) is 22.5 Å². The molecule has 0 aliphatic carbocycles. The molecule has 0 bridgehead atoms. The van der Waals surface area contributed by atoms with Crippen molar-refractivity contribution in [1.82, 2.24) is 14.5 Å². The Kier molecular flexibility index (Phi) is 3.97. The standard InChI is InChI=1S/C19H14BrN3O2/c1-2-25-16-8-5-13-11-23(19(24)17(20)18(13)22-16)14-6-7-15-12(10-14)4-3-9-21-15/h3-11H,2H2,1H3. The molecule has 4 aromatic rings. The van der Waals surface area contributed by atoms with Crippen molar-refractivity contribution in [1.29, 1.82) is 0 Å². The average molecular weight is 396 g/mol. The minimum atomic E-state index is -0.170. The van der Waals surface area contributed by atoms with Gasteiger partial charge in [0.25, 0.3) is 5.56 Å². The number of ether oxygens (including phenoxy) is 1. The molecule has 5 nitrogen and oxygen atoms in total. The Balaban J connectivity index is 1.93. The first kappa shape index (κ1) is 15.8. The highest BCUT2D eigenvalue weighted by atomic mass is 79.9. The highest BCUT2D eigenvalue weighted by Crippen LogP contribution is 2.24.